The van der Waals surface area contributed by atoms with Gasteiger partial charge in [-0.15, -0.1) is 0 Å². The average molecular weight is 399 g/mol. The molecular formula is C22H17N5O3. The number of hydrogen-bond donors (Lipinski definition) is 2. The summed E-state index contributed by atoms with van der Waals surface area (Å²) >= 11 is 0. The Morgan fingerprint density at radius 2 is 2.07 bits per heavy atom. The Morgan fingerprint density at radius 1 is 1.17 bits per heavy atom. The van der Waals surface area contributed by atoms with Crippen LogP contribution in [-0.2, 0) is 0 Å². The highest BCUT2D eigenvalue weighted by Gasteiger charge is 2.35. The highest BCUT2D eigenvalue weighted by Crippen LogP contribution is 2.37. The van der Waals surface area contributed by atoms with Crippen LogP contribution in [0.4, 0.5) is 0 Å². The van der Waals surface area contributed by atoms with Crippen molar-refractivity contribution < 1.29 is 14.3 Å². The third kappa shape index (κ3) is 3.14. The molecule has 0 radical (unpaired) electrons. The van der Waals surface area contributed by atoms with E-state index in [-0.39, 0.29) is 17.4 Å². The molecule has 148 valence electrons. The van der Waals surface area contributed by atoms with Gasteiger partial charge in [0.15, 0.2) is 5.76 Å². The topological polar surface area (TPSA) is 108 Å². The van der Waals surface area contributed by atoms with Crippen LogP contribution in [0.1, 0.15) is 34.1 Å². The maximum absolute atomic E-state index is 13.3. The van der Waals surface area contributed by atoms with E-state index in [1.807, 2.05) is 18.2 Å². The van der Waals surface area contributed by atoms with Gasteiger partial charge in [0.1, 0.15) is 17.1 Å². The minimum atomic E-state index is -0.454. The van der Waals surface area contributed by atoms with Crippen LogP contribution < -0.4 is 0 Å². The Kier molecular flexibility index (Phi) is 4.36. The van der Waals surface area contributed by atoms with E-state index in [1.54, 1.807) is 55.1 Å². The first-order valence-electron chi connectivity index (χ1n) is 9.39. The van der Waals surface area contributed by atoms with Crippen LogP contribution in [0.25, 0.3) is 11.5 Å². The number of hydrogen-bond acceptors (Lipinski definition) is 6. The molecule has 0 aliphatic carbocycles. The van der Waals surface area contributed by atoms with Gasteiger partial charge in [0.25, 0.3) is 5.91 Å². The first-order valence-corrected chi connectivity index (χ1v) is 9.39. The van der Waals surface area contributed by atoms with Crippen molar-refractivity contribution in [1.29, 1.82) is 0 Å². The number of aromatic nitrogens is 3. The number of rotatable bonds is 4. The number of furan rings is 1. The number of carbonyl (C=O) groups excluding carboxylic acids is 1. The molecule has 1 aliphatic heterocycles. The minimum Gasteiger partial charge on any atom is -0.508 e. The molecule has 4 aromatic rings. The SMILES string of the molecule is O=C(c1cc(-c2ccco2)n[nH]1)N1N=C(c2cccnc2)CC1c1ccccc1O. The van der Waals surface area contributed by atoms with Gasteiger partial charge in [0.2, 0.25) is 0 Å². The maximum atomic E-state index is 13.3. The van der Waals surface area contributed by atoms with Gasteiger partial charge >= 0.3 is 0 Å². The van der Waals surface area contributed by atoms with Crippen molar-refractivity contribution in [3.05, 3.63) is 90.1 Å². The number of aromatic hydroxyl groups is 1. The summed E-state index contributed by atoms with van der Waals surface area (Å²) in [6.07, 6.45) is 5.39. The first kappa shape index (κ1) is 17.9. The average Bonchev–Trinajstić information content (AvgIpc) is 3.54. The molecule has 3 aromatic heterocycles. The molecule has 1 amide bonds. The molecule has 1 unspecified atom stereocenters. The lowest BCUT2D eigenvalue weighted by atomic mass is 9.98. The fourth-order valence-corrected chi connectivity index (χ4v) is 3.52. The van der Waals surface area contributed by atoms with Gasteiger partial charge in [0, 0.05) is 36.0 Å². The van der Waals surface area contributed by atoms with Gasteiger partial charge in [0.05, 0.1) is 18.0 Å². The second-order valence-electron chi connectivity index (χ2n) is 6.86. The number of hydrazone groups is 1. The number of para-hydroxylation sites is 1. The van der Waals surface area contributed by atoms with Crippen molar-refractivity contribution in [3.63, 3.8) is 0 Å². The van der Waals surface area contributed by atoms with E-state index in [0.29, 0.717) is 23.4 Å². The monoisotopic (exact) mass is 399 g/mol. The van der Waals surface area contributed by atoms with E-state index in [2.05, 4.69) is 20.3 Å². The van der Waals surface area contributed by atoms with Gasteiger partial charge in [-0.3, -0.25) is 14.9 Å². The van der Waals surface area contributed by atoms with Crippen molar-refractivity contribution in [2.75, 3.05) is 0 Å². The summed E-state index contributed by atoms with van der Waals surface area (Å²) in [5.74, 6) is 0.319. The normalized spacial score (nSPS) is 15.9. The van der Waals surface area contributed by atoms with Crippen molar-refractivity contribution >= 4 is 11.6 Å². The van der Waals surface area contributed by atoms with Crippen LogP contribution >= 0.6 is 0 Å². The van der Waals surface area contributed by atoms with Crippen molar-refractivity contribution in [2.24, 2.45) is 5.10 Å². The molecule has 8 nitrogen and oxygen atoms in total. The van der Waals surface area contributed by atoms with Crippen LogP contribution in [0.2, 0.25) is 0 Å². The zero-order valence-corrected chi connectivity index (χ0v) is 15.8. The van der Waals surface area contributed by atoms with Crippen molar-refractivity contribution in [1.82, 2.24) is 20.2 Å². The molecule has 1 aromatic carbocycles. The van der Waals surface area contributed by atoms with E-state index < -0.39 is 6.04 Å². The number of phenolic OH excluding ortho intramolecular Hbond substituents is 1. The summed E-state index contributed by atoms with van der Waals surface area (Å²) in [7, 11) is 0. The van der Waals surface area contributed by atoms with E-state index in [1.165, 1.54) is 5.01 Å². The standard InChI is InChI=1S/C22H17N5O3/c28-20-7-2-1-6-15(20)19-12-16(14-5-3-9-23-13-14)26-27(19)22(29)18-11-17(24-25-18)21-8-4-10-30-21/h1-11,13,19,28H,12H2,(H,24,25). The molecule has 0 saturated carbocycles. The number of nitrogens with zero attached hydrogens (tertiary/aromatic N) is 4. The number of amides is 1. The van der Waals surface area contributed by atoms with Gasteiger partial charge < -0.3 is 9.52 Å². The van der Waals surface area contributed by atoms with E-state index >= 15 is 0 Å². The van der Waals surface area contributed by atoms with Crippen LogP contribution in [0, 0.1) is 0 Å². The predicted octanol–water partition coefficient (Wildman–Crippen LogP) is 3.76. The number of pyridine rings is 1. The summed E-state index contributed by atoms with van der Waals surface area (Å²) in [6, 6.07) is 15.4. The molecule has 4 heterocycles. The Labute approximate surface area is 171 Å². The Morgan fingerprint density at radius 3 is 2.83 bits per heavy atom. The molecule has 1 atom stereocenters. The quantitative estimate of drug-likeness (QED) is 0.543. The van der Waals surface area contributed by atoms with Gasteiger partial charge in [-0.1, -0.05) is 24.3 Å². The molecule has 8 heteroatoms. The van der Waals surface area contributed by atoms with E-state index in [4.69, 9.17) is 4.42 Å². The summed E-state index contributed by atoms with van der Waals surface area (Å²) < 4.78 is 5.34. The molecule has 0 spiro atoms. The molecule has 1 aliphatic rings. The fourth-order valence-electron chi connectivity index (χ4n) is 3.52. The lowest BCUT2D eigenvalue weighted by Crippen LogP contribution is -2.27. The number of carbonyl (C=O) groups is 1. The summed E-state index contributed by atoms with van der Waals surface area (Å²) in [5.41, 5.74) is 2.97. The highest BCUT2D eigenvalue weighted by atomic mass is 16.3. The summed E-state index contributed by atoms with van der Waals surface area (Å²) in [6.45, 7) is 0. The summed E-state index contributed by atoms with van der Waals surface area (Å²) in [5, 5.41) is 23.3. The molecule has 2 N–H and O–H groups in total. The van der Waals surface area contributed by atoms with Crippen LogP contribution in [0.3, 0.4) is 0 Å². The first-order chi connectivity index (χ1) is 14.7. The zero-order valence-electron chi connectivity index (χ0n) is 15.8. The number of aromatic amines is 1. The van der Waals surface area contributed by atoms with Gasteiger partial charge in [-0.2, -0.15) is 10.2 Å². The third-order valence-electron chi connectivity index (χ3n) is 4.99. The molecular weight excluding hydrogens is 382 g/mol. The van der Waals surface area contributed by atoms with E-state index in [9.17, 15) is 9.90 Å². The molecule has 0 saturated heterocycles. The Balaban J connectivity index is 1.52. The number of phenols is 1. The van der Waals surface area contributed by atoms with Crippen molar-refractivity contribution in [2.45, 2.75) is 12.5 Å². The van der Waals surface area contributed by atoms with E-state index in [0.717, 1.165) is 11.3 Å². The zero-order chi connectivity index (χ0) is 20.5. The van der Waals surface area contributed by atoms with Gasteiger partial charge in [-0.25, -0.2) is 5.01 Å². The smallest absolute Gasteiger partial charge is 0.292 e. The number of benzene rings is 1. The van der Waals surface area contributed by atoms with Crippen LogP contribution in [0.15, 0.2) is 82.8 Å². The number of nitrogens with one attached hydrogen (secondary N) is 1. The number of H-pyrrole nitrogens is 1. The van der Waals surface area contributed by atoms with Gasteiger partial charge in [-0.05, 0) is 24.3 Å². The van der Waals surface area contributed by atoms with Crippen molar-refractivity contribution in [3.8, 4) is 17.2 Å². The lowest BCUT2D eigenvalue weighted by molar-refractivity contribution is 0.0703. The fraction of sp³-hybridized carbons (Fsp3) is 0.0909. The summed E-state index contributed by atoms with van der Waals surface area (Å²) in [4.78, 5) is 17.5. The second kappa shape index (κ2) is 7.32. The second-order valence-corrected chi connectivity index (χ2v) is 6.86. The molecule has 0 fully saturated rings. The largest absolute Gasteiger partial charge is 0.508 e. The highest BCUT2D eigenvalue weighted by molar-refractivity contribution is 6.04. The predicted molar refractivity (Wildman–Crippen MR) is 109 cm³/mol. The molecule has 0 bridgehead atoms. The maximum Gasteiger partial charge on any atom is 0.292 e. The van der Waals surface area contributed by atoms with Crippen LogP contribution in [0.5, 0.6) is 5.75 Å². The molecule has 30 heavy (non-hydrogen) atoms. The molecule has 5 rings (SSSR count). The van der Waals surface area contributed by atoms with Crippen LogP contribution in [-0.4, -0.2) is 36.9 Å². The Bertz CT molecular complexity index is 1210. The Hall–Kier alpha value is -4.20. The lowest BCUT2D eigenvalue weighted by Gasteiger charge is -2.22. The third-order valence-corrected chi connectivity index (χ3v) is 4.99. The minimum absolute atomic E-state index is 0.115.